The molecule has 1 aromatic carbocycles. The smallest absolute Gasteiger partial charge is 0.149 e. The summed E-state index contributed by atoms with van der Waals surface area (Å²) < 4.78 is 13.6. The summed E-state index contributed by atoms with van der Waals surface area (Å²) >= 11 is 0. The van der Waals surface area contributed by atoms with Crippen molar-refractivity contribution in [2.75, 3.05) is 6.54 Å². The van der Waals surface area contributed by atoms with Crippen LogP contribution in [0.1, 0.15) is 18.2 Å². The minimum absolute atomic E-state index is 0.251. The van der Waals surface area contributed by atoms with Gasteiger partial charge in [0.1, 0.15) is 11.3 Å². The SMILES string of the molecule is CCNCc1cc(C)nc2c(F)cccc12. The lowest BCUT2D eigenvalue weighted by Gasteiger charge is -2.08. The van der Waals surface area contributed by atoms with E-state index in [1.807, 2.05) is 19.1 Å². The molecule has 1 N–H and O–H groups in total. The summed E-state index contributed by atoms with van der Waals surface area (Å²) in [5.74, 6) is -0.251. The third-order valence-electron chi connectivity index (χ3n) is 2.57. The third kappa shape index (κ3) is 2.04. The number of pyridine rings is 1. The Morgan fingerprint density at radius 2 is 2.19 bits per heavy atom. The van der Waals surface area contributed by atoms with Crippen molar-refractivity contribution in [3.8, 4) is 0 Å². The van der Waals surface area contributed by atoms with Crippen molar-refractivity contribution < 1.29 is 4.39 Å². The predicted molar refractivity (Wildman–Crippen MR) is 63.8 cm³/mol. The van der Waals surface area contributed by atoms with Crippen LogP contribution < -0.4 is 5.32 Å². The van der Waals surface area contributed by atoms with Crippen molar-refractivity contribution in [3.05, 3.63) is 41.3 Å². The topological polar surface area (TPSA) is 24.9 Å². The number of fused-ring (bicyclic) bond motifs is 1. The minimum atomic E-state index is -0.251. The van der Waals surface area contributed by atoms with Gasteiger partial charge in [-0.2, -0.15) is 0 Å². The second kappa shape index (κ2) is 4.58. The van der Waals surface area contributed by atoms with E-state index in [9.17, 15) is 4.39 Å². The molecule has 0 radical (unpaired) electrons. The van der Waals surface area contributed by atoms with Gasteiger partial charge in [0, 0.05) is 17.6 Å². The van der Waals surface area contributed by atoms with Crippen LogP contribution >= 0.6 is 0 Å². The molecule has 0 unspecified atom stereocenters. The molecule has 84 valence electrons. The van der Waals surface area contributed by atoms with E-state index in [1.54, 1.807) is 6.07 Å². The van der Waals surface area contributed by atoms with Crippen molar-refractivity contribution in [2.24, 2.45) is 0 Å². The van der Waals surface area contributed by atoms with Crippen LogP contribution in [0.25, 0.3) is 10.9 Å². The lowest BCUT2D eigenvalue weighted by atomic mass is 10.1. The number of benzene rings is 1. The molecular weight excluding hydrogens is 203 g/mol. The van der Waals surface area contributed by atoms with Crippen LogP contribution in [0.4, 0.5) is 4.39 Å². The number of nitrogens with zero attached hydrogens (tertiary/aromatic N) is 1. The van der Waals surface area contributed by atoms with Gasteiger partial charge in [0.15, 0.2) is 0 Å². The van der Waals surface area contributed by atoms with E-state index in [0.29, 0.717) is 5.52 Å². The summed E-state index contributed by atoms with van der Waals surface area (Å²) in [6.45, 7) is 5.59. The molecule has 0 atom stereocenters. The van der Waals surface area contributed by atoms with Gasteiger partial charge < -0.3 is 5.32 Å². The Morgan fingerprint density at radius 3 is 2.94 bits per heavy atom. The molecule has 0 saturated carbocycles. The lowest BCUT2D eigenvalue weighted by molar-refractivity contribution is 0.636. The first-order chi connectivity index (χ1) is 7.72. The highest BCUT2D eigenvalue weighted by molar-refractivity contribution is 5.82. The number of rotatable bonds is 3. The highest BCUT2D eigenvalue weighted by Crippen LogP contribution is 2.20. The zero-order valence-corrected chi connectivity index (χ0v) is 9.55. The summed E-state index contributed by atoms with van der Waals surface area (Å²) in [6, 6.07) is 7.10. The van der Waals surface area contributed by atoms with Crippen molar-refractivity contribution >= 4 is 10.9 Å². The highest BCUT2D eigenvalue weighted by Gasteiger charge is 2.07. The quantitative estimate of drug-likeness (QED) is 0.856. The van der Waals surface area contributed by atoms with E-state index >= 15 is 0 Å². The molecule has 0 spiro atoms. The van der Waals surface area contributed by atoms with E-state index in [1.165, 1.54) is 6.07 Å². The first-order valence-electron chi connectivity index (χ1n) is 5.48. The van der Waals surface area contributed by atoms with Crippen molar-refractivity contribution in [1.82, 2.24) is 10.3 Å². The Kier molecular flexibility index (Phi) is 3.15. The van der Waals surface area contributed by atoms with Gasteiger partial charge in [-0.15, -0.1) is 0 Å². The molecule has 2 rings (SSSR count). The summed E-state index contributed by atoms with van der Waals surface area (Å²) in [5.41, 5.74) is 2.42. The molecule has 0 aliphatic rings. The fourth-order valence-electron chi connectivity index (χ4n) is 1.83. The molecule has 0 aliphatic carbocycles. The van der Waals surface area contributed by atoms with Gasteiger partial charge in [-0.1, -0.05) is 19.1 Å². The van der Waals surface area contributed by atoms with E-state index in [2.05, 4.69) is 17.2 Å². The van der Waals surface area contributed by atoms with Crippen LogP contribution in [-0.2, 0) is 6.54 Å². The Morgan fingerprint density at radius 1 is 1.38 bits per heavy atom. The molecule has 3 heteroatoms. The van der Waals surface area contributed by atoms with Crippen LogP contribution in [-0.4, -0.2) is 11.5 Å². The molecule has 0 aliphatic heterocycles. The monoisotopic (exact) mass is 218 g/mol. The van der Waals surface area contributed by atoms with E-state index in [0.717, 1.165) is 29.7 Å². The first kappa shape index (κ1) is 11.0. The Bertz CT molecular complexity index is 509. The maximum absolute atomic E-state index is 13.6. The summed E-state index contributed by atoms with van der Waals surface area (Å²) in [7, 11) is 0. The first-order valence-corrected chi connectivity index (χ1v) is 5.48. The van der Waals surface area contributed by atoms with Crippen LogP contribution in [0.2, 0.25) is 0 Å². The van der Waals surface area contributed by atoms with Gasteiger partial charge in [-0.05, 0) is 31.2 Å². The van der Waals surface area contributed by atoms with E-state index < -0.39 is 0 Å². The van der Waals surface area contributed by atoms with Gasteiger partial charge >= 0.3 is 0 Å². The number of para-hydroxylation sites is 1. The molecule has 0 fully saturated rings. The van der Waals surface area contributed by atoms with Gasteiger partial charge in [0.25, 0.3) is 0 Å². The lowest BCUT2D eigenvalue weighted by Crippen LogP contribution is -2.12. The molecule has 0 bridgehead atoms. The van der Waals surface area contributed by atoms with E-state index in [4.69, 9.17) is 0 Å². The van der Waals surface area contributed by atoms with Crippen LogP contribution in [0, 0.1) is 12.7 Å². The fourth-order valence-corrected chi connectivity index (χ4v) is 1.83. The standard InChI is InChI=1S/C13H15FN2/c1-3-15-8-10-7-9(2)16-13-11(10)5-4-6-12(13)14/h4-7,15H,3,8H2,1-2H3. The van der Waals surface area contributed by atoms with Crippen molar-refractivity contribution in [2.45, 2.75) is 20.4 Å². The largest absolute Gasteiger partial charge is 0.313 e. The number of hydrogen-bond acceptors (Lipinski definition) is 2. The van der Waals surface area contributed by atoms with Crippen LogP contribution in [0.15, 0.2) is 24.3 Å². The Labute approximate surface area is 94.5 Å². The van der Waals surface area contributed by atoms with E-state index in [-0.39, 0.29) is 5.82 Å². The van der Waals surface area contributed by atoms with Gasteiger partial charge in [0.2, 0.25) is 0 Å². The number of hydrogen-bond donors (Lipinski definition) is 1. The fraction of sp³-hybridized carbons (Fsp3) is 0.308. The van der Waals surface area contributed by atoms with Gasteiger partial charge in [0.05, 0.1) is 0 Å². The molecule has 1 aromatic heterocycles. The molecular formula is C13H15FN2. The predicted octanol–water partition coefficient (Wildman–Crippen LogP) is 2.79. The second-order valence-electron chi connectivity index (χ2n) is 3.84. The Hall–Kier alpha value is -1.48. The van der Waals surface area contributed by atoms with Crippen LogP contribution in [0.5, 0.6) is 0 Å². The van der Waals surface area contributed by atoms with Crippen molar-refractivity contribution in [1.29, 1.82) is 0 Å². The maximum atomic E-state index is 13.6. The number of aromatic nitrogens is 1. The van der Waals surface area contributed by atoms with Gasteiger partial charge in [-0.3, -0.25) is 4.98 Å². The van der Waals surface area contributed by atoms with Crippen LogP contribution in [0.3, 0.4) is 0 Å². The molecule has 0 amide bonds. The summed E-state index contributed by atoms with van der Waals surface area (Å²) in [6.07, 6.45) is 0. The highest BCUT2D eigenvalue weighted by atomic mass is 19.1. The molecule has 16 heavy (non-hydrogen) atoms. The maximum Gasteiger partial charge on any atom is 0.149 e. The average molecular weight is 218 g/mol. The minimum Gasteiger partial charge on any atom is -0.313 e. The van der Waals surface area contributed by atoms with Crippen molar-refractivity contribution in [3.63, 3.8) is 0 Å². The Balaban J connectivity index is 2.59. The normalized spacial score (nSPS) is 10.9. The number of nitrogens with one attached hydrogen (secondary N) is 1. The zero-order chi connectivity index (χ0) is 11.5. The average Bonchev–Trinajstić information content (AvgIpc) is 2.27. The molecule has 2 aromatic rings. The molecule has 0 saturated heterocycles. The zero-order valence-electron chi connectivity index (χ0n) is 9.55. The third-order valence-corrected chi connectivity index (χ3v) is 2.57. The van der Waals surface area contributed by atoms with Gasteiger partial charge in [-0.25, -0.2) is 4.39 Å². The second-order valence-corrected chi connectivity index (χ2v) is 3.84. The summed E-state index contributed by atoms with van der Waals surface area (Å²) in [5, 5.41) is 4.15. The number of halogens is 1. The number of aryl methyl sites for hydroxylation is 1. The molecule has 1 heterocycles. The molecule has 2 nitrogen and oxygen atoms in total. The summed E-state index contributed by atoms with van der Waals surface area (Å²) in [4.78, 5) is 4.24.